The van der Waals surface area contributed by atoms with Gasteiger partial charge in [0.2, 0.25) is 0 Å². The van der Waals surface area contributed by atoms with E-state index < -0.39 is 24.0 Å². The molecule has 0 spiro atoms. The molecule has 0 radical (unpaired) electrons. The van der Waals surface area contributed by atoms with Gasteiger partial charge in [-0.05, 0) is 13.3 Å². The lowest BCUT2D eigenvalue weighted by Crippen LogP contribution is -2.47. The molecular formula is C10H18N2O5. The zero-order valence-electron chi connectivity index (χ0n) is 9.99. The molecule has 3 N–H and O–H groups in total. The maximum absolute atomic E-state index is 11.2. The Bertz CT molecular complexity index is 280. The van der Waals surface area contributed by atoms with E-state index in [0.717, 1.165) is 0 Å². The molecule has 0 heterocycles. The molecule has 0 aromatic rings. The third-order valence-electron chi connectivity index (χ3n) is 1.88. The van der Waals surface area contributed by atoms with Crippen LogP contribution in [0.5, 0.6) is 0 Å². The predicted octanol–water partition coefficient (Wildman–Crippen LogP) is 0.102. The summed E-state index contributed by atoms with van der Waals surface area (Å²) in [5.74, 6) is -1.66. The summed E-state index contributed by atoms with van der Waals surface area (Å²) in [5.41, 5.74) is 0. The van der Waals surface area contributed by atoms with Crippen molar-refractivity contribution in [2.24, 2.45) is 0 Å². The van der Waals surface area contributed by atoms with Crippen molar-refractivity contribution in [2.45, 2.75) is 32.7 Å². The van der Waals surface area contributed by atoms with Crippen molar-refractivity contribution >= 4 is 18.0 Å². The van der Waals surface area contributed by atoms with Gasteiger partial charge in [0.05, 0.1) is 6.61 Å². The lowest BCUT2D eigenvalue weighted by Gasteiger charge is -2.13. The number of carbonyl (C=O) groups is 3. The Labute approximate surface area is 99.5 Å². The number of hydrogen-bond acceptors (Lipinski definition) is 4. The van der Waals surface area contributed by atoms with Gasteiger partial charge in [-0.15, -0.1) is 0 Å². The van der Waals surface area contributed by atoms with Crippen LogP contribution in [0.1, 0.15) is 26.7 Å². The first kappa shape index (κ1) is 15.2. The van der Waals surface area contributed by atoms with Gasteiger partial charge in [0.15, 0.2) is 0 Å². The molecule has 7 heteroatoms. The third kappa shape index (κ3) is 7.15. The number of carbonyl (C=O) groups excluding carboxylic acids is 2. The fourth-order valence-electron chi connectivity index (χ4n) is 1.12. The maximum atomic E-state index is 11.2. The zero-order chi connectivity index (χ0) is 13.3. The van der Waals surface area contributed by atoms with Gasteiger partial charge in [-0.3, -0.25) is 4.79 Å². The van der Waals surface area contributed by atoms with Crippen molar-refractivity contribution < 1.29 is 24.2 Å². The van der Waals surface area contributed by atoms with E-state index in [4.69, 9.17) is 5.11 Å². The summed E-state index contributed by atoms with van der Waals surface area (Å²) < 4.78 is 4.59. The highest BCUT2D eigenvalue weighted by atomic mass is 16.5. The monoisotopic (exact) mass is 246 g/mol. The molecule has 0 aromatic carbocycles. The zero-order valence-corrected chi connectivity index (χ0v) is 9.99. The second-order valence-electron chi connectivity index (χ2n) is 3.31. The first-order valence-corrected chi connectivity index (χ1v) is 5.44. The summed E-state index contributed by atoms with van der Waals surface area (Å²) in [6, 6.07) is -1.64. The summed E-state index contributed by atoms with van der Waals surface area (Å²) in [7, 11) is 0. The number of carboxylic acid groups (broad SMARTS) is 1. The van der Waals surface area contributed by atoms with Crippen LogP contribution in [0.4, 0.5) is 4.79 Å². The maximum Gasteiger partial charge on any atom is 0.326 e. The predicted molar refractivity (Wildman–Crippen MR) is 59.5 cm³/mol. The number of amides is 2. The van der Waals surface area contributed by atoms with Crippen LogP contribution in [0.2, 0.25) is 0 Å². The lowest BCUT2D eigenvalue weighted by atomic mass is 10.2. The Kier molecular flexibility index (Phi) is 7.49. The van der Waals surface area contributed by atoms with Gasteiger partial charge in [-0.25, -0.2) is 9.59 Å². The topological polar surface area (TPSA) is 105 Å². The molecule has 0 saturated heterocycles. The molecule has 7 nitrogen and oxygen atoms in total. The van der Waals surface area contributed by atoms with Gasteiger partial charge in [-0.1, -0.05) is 13.3 Å². The van der Waals surface area contributed by atoms with E-state index in [-0.39, 0.29) is 13.2 Å². The largest absolute Gasteiger partial charge is 0.480 e. The molecule has 1 unspecified atom stereocenters. The lowest BCUT2D eigenvalue weighted by molar-refractivity contribution is -0.141. The van der Waals surface area contributed by atoms with Gasteiger partial charge >= 0.3 is 18.0 Å². The summed E-state index contributed by atoms with van der Waals surface area (Å²) >= 11 is 0. The molecule has 0 rings (SSSR count). The molecule has 1 atom stereocenters. The standard InChI is InChI=1S/C10H18N2O5/c1-3-5-7(9(14)15)12-10(16)11-6-8(13)17-4-2/h7H,3-6H2,1-2H3,(H,14,15)(H2,11,12,16). The molecule has 0 aliphatic carbocycles. The highest BCUT2D eigenvalue weighted by molar-refractivity contribution is 5.84. The summed E-state index contributed by atoms with van der Waals surface area (Å²) in [4.78, 5) is 32.9. The highest BCUT2D eigenvalue weighted by Crippen LogP contribution is 1.96. The molecule has 0 aromatic heterocycles. The van der Waals surface area contributed by atoms with Gasteiger partial charge in [-0.2, -0.15) is 0 Å². The minimum Gasteiger partial charge on any atom is -0.480 e. The summed E-state index contributed by atoms with van der Waals surface area (Å²) in [6.07, 6.45) is 0.970. The van der Waals surface area contributed by atoms with Crippen LogP contribution in [0.25, 0.3) is 0 Å². The van der Waals surface area contributed by atoms with Gasteiger partial charge in [0.25, 0.3) is 0 Å². The van der Waals surface area contributed by atoms with Gasteiger partial charge in [0, 0.05) is 0 Å². The fraction of sp³-hybridized carbons (Fsp3) is 0.700. The smallest absolute Gasteiger partial charge is 0.326 e. The van der Waals surface area contributed by atoms with Crippen LogP contribution in [-0.2, 0) is 14.3 Å². The average Bonchev–Trinajstić information content (AvgIpc) is 2.26. The van der Waals surface area contributed by atoms with Crippen LogP contribution < -0.4 is 10.6 Å². The molecule has 2 amide bonds. The second-order valence-corrected chi connectivity index (χ2v) is 3.31. The van der Waals surface area contributed by atoms with Gasteiger partial charge in [0.1, 0.15) is 12.6 Å². The van der Waals surface area contributed by atoms with E-state index in [2.05, 4.69) is 15.4 Å². The summed E-state index contributed by atoms with van der Waals surface area (Å²) in [5, 5.41) is 13.3. The molecule has 17 heavy (non-hydrogen) atoms. The number of nitrogens with one attached hydrogen (secondary N) is 2. The Morgan fingerprint density at radius 2 is 1.94 bits per heavy atom. The fourth-order valence-corrected chi connectivity index (χ4v) is 1.12. The Morgan fingerprint density at radius 3 is 2.41 bits per heavy atom. The molecule has 0 bridgehead atoms. The first-order valence-electron chi connectivity index (χ1n) is 5.44. The Balaban J connectivity index is 3.98. The van der Waals surface area contributed by atoms with Crippen molar-refractivity contribution in [3.05, 3.63) is 0 Å². The summed E-state index contributed by atoms with van der Waals surface area (Å²) in [6.45, 7) is 3.42. The number of urea groups is 1. The van der Waals surface area contributed by atoms with E-state index in [1.54, 1.807) is 6.92 Å². The number of esters is 1. The molecule has 98 valence electrons. The SMILES string of the molecule is CCCC(NC(=O)NCC(=O)OCC)C(=O)O. The van der Waals surface area contributed by atoms with Crippen LogP contribution in [-0.4, -0.2) is 42.3 Å². The van der Waals surface area contributed by atoms with Crippen LogP contribution in [0, 0.1) is 0 Å². The van der Waals surface area contributed by atoms with Crippen molar-refractivity contribution in [1.29, 1.82) is 0 Å². The highest BCUT2D eigenvalue weighted by Gasteiger charge is 2.18. The average molecular weight is 246 g/mol. The number of aliphatic carboxylic acids is 1. The van der Waals surface area contributed by atoms with Crippen molar-refractivity contribution in [2.75, 3.05) is 13.2 Å². The Morgan fingerprint density at radius 1 is 1.29 bits per heavy atom. The van der Waals surface area contributed by atoms with Gasteiger partial charge < -0.3 is 20.5 Å². The number of carboxylic acids is 1. The number of hydrogen-bond donors (Lipinski definition) is 3. The van der Waals surface area contributed by atoms with Crippen LogP contribution >= 0.6 is 0 Å². The van der Waals surface area contributed by atoms with Crippen LogP contribution in [0.15, 0.2) is 0 Å². The molecule has 0 fully saturated rings. The van der Waals surface area contributed by atoms with Crippen molar-refractivity contribution in [3.8, 4) is 0 Å². The van der Waals surface area contributed by atoms with E-state index in [9.17, 15) is 14.4 Å². The van der Waals surface area contributed by atoms with E-state index in [1.807, 2.05) is 6.92 Å². The quantitative estimate of drug-likeness (QED) is 0.553. The second kappa shape index (κ2) is 8.37. The number of rotatable bonds is 7. The third-order valence-corrected chi connectivity index (χ3v) is 1.88. The van der Waals surface area contributed by atoms with Crippen molar-refractivity contribution in [3.63, 3.8) is 0 Å². The molecule has 0 saturated carbocycles. The first-order chi connectivity index (χ1) is 8.01. The van der Waals surface area contributed by atoms with E-state index in [0.29, 0.717) is 12.8 Å². The molecular weight excluding hydrogens is 228 g/mol. The number of ether oxygens (including phenoxy) is 1. The normalized spacial score (nSPS) is 11.4. The van der Waals surface area contributed by atoms with Crippen molar-refractivity contribution in [1.82, 2.24) is 10.6 Å². The van der Waals surface area contributed by atoms with E-state index in [1.165, 1.54) is 0 Å². The van der Waals surface area contributed by atoms with E-state index >= 15 is 0 Å². The molecule has 0 aliphatic heterocycles. The van der Waals surface area contributed by atoms with Crippen LogP contribution in [0.3, 0.4) is 0 Å². The molecule has 0 aliphatic rings. The minimum absolute atomic E-state index is 0.232. The Hall–Kier alpha value is -1.79. The minimum atomic E-state index is -1.10.